The first kappa shape index (κ1) is 19.5. The van der Waals surface area contributed by atoms with Crippen LogP contribution in [0.1, 0.15) is 6.42 Å². The summed E-state index contributed by atoms with van der Waals surface area (Å²) in [6.45, 7) is 1.17. The highest BCUT2D eigenvalue weighted by Gasteiger charge is 2.29. The molecular weight excluding hydrogens is 330 g/mol. The fourth-order valence-corrected chi connectivity index (χ4v) is 2.79. The third-order valence-electron chi connectivity index (χ3n) is 3.00. The molecule has 130 valence electrons. The predicted octanol–water partition coefficient (Wildman–Crippen LogP) is 1.59. The number of methoxy groups -OCH3 is 1. The molecule has 0 saturated carbocycles. The van der Waals surface area contributed by atoms with E-state index in [1.807, 2.05) is 0 Å². The van der Waals surface area contributed by atoms with Crippen LogP contribution in [-0.2, 0) is 19.4 Å². The summed E-state index contributed by atoms with van der Waals surface area (Å²) in [6, 6.07) is 5.10. The first-order valence-corrected chi connectivity index (χ1v) is 8.42. The molecule has 6 nitrogen and oxygen atoms in total. The molecule has 0 aliphatic rings. The lowest BCUT2D eigenvalue weighted by atomic mass is 10.3. The minimum absolute atomic E-state index is 0.00672. The summed E-state index contributed by atoms with van der Waals surface area (Å²) in [7, 11) is -1.48. The third-order valence-corrected chi connectivity index (χ3v) is 4.44. The molecule has 0 aromatic heterocycles. The number of hydrogen-bond donors (Lipinski definition) is 1. The third kappa shape index (κ3) is 5.85. The first-order chi connectivity index (χ1) is 10.8. The molecule has 1 rings (SSSR count). The highest BCUT2D eigenvalue weighted by Crippen LogP contribution is 2.25. The van der Waals surface area contributed by atoms with Gasteiger partial charge in [0.2, 0.25) is 15.7 Å². The molecule has 1 aromatic carbocycles. The number of nitrogens with one attached hydrogen (secondary N) is 1. The SMILES string of the molecule is COCCCN(C)CC(=O)Nc1ccccc1S(=O)(=O)C(F)F. The van der Waals surface area contributed by atoms with Crippen molar-refractivity contribution in [3.8, 4) is 0 Å². The summed E-state index contributed by atoms with van der Waals surface area (Å²) in [5.41, 5.74) is -0.150. The highest BCUT2D eigenvalue weighted by atomic mass is 32.2. The first-order valence-electron chi connectivity index (χ1n) is 6.87. The largest absolute Gasteiger partial charge is 0.385 e. The van der Waals surface area contributed by atoms with Crippen LogP contribution in [0.5, 0.6) is 0 Å². The number of alkyl halides is 2. The van der Waals surface area contributed by atoms with Crippen LogP contribution in [0, 0.1) is 0 Å². The zero-order valence-corrected chi connectivity index (χ0v) is 13.8. The van der Waals surface area contributed by atoms with Crippen molar-refractivity contribution in [2.75, 3.05) is 39.2 Å². The van der Waals surface area contributed by atoms with Crippen molar-refractivity contribution in [3.63, 3.8) is 0 Å². The molecule has 0 radical (unpaired) electrons. The second-order valence-corrected chi connectivity index (χ2v) is 6.82. The fourth-order valence-electron chi connectivity index (χ4n) is 1.91. The van der Waals surface area contributed by atoms with Gasteiger partial charge in [0.05, 0.1) is 17.1 Å². The van der Waals surface area contributed by atoms with Gasteiger partial charge in [-0.2, -0.15) is 8.78 Å². The van der Waals surface area contributed by atoms with Crippen LogP contribution in [0.3, 0.4) is 0 Å². The number of amides is 1. The normalized spacial score (nSPS) is 11.9. The Morgan fingerprint density at radius 3 is 2.61 bits per heavy atom. The van der Waals surface area contributed by atoms with Crippen molar-refractivity contribution in [1.29, 1.82) is 0 Å². The number of ether oxygens (including phenoxy) is 1. The Labute approximate surface area is 134 Å². The molecule has 0 aliphatic heterocycles. The molecule has 0 atom stereocenters. The van der Waals surface area contributed by atoms with E-state index in [0.717, 1.165) is 12.5 Å². The van der Waals surface area contributed by atoms with Crippen molar-refractivity contribution in [2.24, 2.45) is 0 Å². The summed E-state index contributed by atoms with van der Waals surface area (Å²) >= 11 is 0. The molecule has 0 fully saturated rings. The summed E-state index contributed by atoms with van der Waals surface area (Å²) in [6.07, 6.45) is 0.733. The maximum absolute atomic E-state index is 12.7. The number of halogens is 2. The van der Waals surface area contributed by atoms with E-state index in [1.54, 1.807) is 19.1 Å². The minimum Gasteiger partial charge on any atom is -0.385 e. The van der Waals surface area contributed by atoms with Gasteiger partial charge in [0.1, 0.15) is 0 Å². The topological polar surface area (TPSA) is 75.7 Å². The average Bonchev–Trinajstić information content (AvgIpc) is 2.47. The standard InChI is InChI=1S/C14H20F2N2O4S/c1-18(8-5-9-22-2)10-13(19)17-11-6-3-4-7-12(11)23(20,21)14(15)16/h3-4,6-7,14H,5,8-10H2,1-2H3,(H,17,19). The second-order valence-electron chi connectivity index (χ2n) is 4.93. The number of nitrogens with zero attached hydrogens (tertiary/aromatic N) is 1. The molecule has 0 spiro atoms. The summed E-state index contributed by atoms with van der Waals surface area (Å²) < 4.78 is 53.5. The molecule has 1 aromatic rings. The van der Waals surface area contributed by atoms with Gasteiger partial charge in [0.15, 0.2) is 0 Å². The van der Waals surface area contributed by atoms with E-state index in [1.165, 1.54) is 18.2 Å². The Bertz CT molecular complexity index is 623. The van der Waals surface area contributed by atoms with Gasteiger partial charge in [-0.3, -0.25) is 9.69 Å². The monoisotopic (exact) mass is 350 g/mol. The Morgan fingerprint density at radius 2 is 2.00 bits per heavy atom. The zero-order chi connectivity index (χ0) is 17.5. The molecule has 0 unspecified atom stereocenters. The second kappa shape index (κ2) is 8.90. The van der Waals surface area contributed by atoms with Crippen LogP contribution < -0.4 is 5.32 Å². The van der Waals surface area contributed by atoms with E-state index < -0.39 is 26.4 Å². The van der Waals surface area contributed by atoms with E-state index in [9.17, 15) is 22.0 Å². The smallest absolute Gasteiger partial charge is 0.341 e. The molecular formula is C14H20F2N2O4S. The van der Waals surface area contributed by atoms with Gasteiger partial charge >= 0.3 is 5.76 Å². The molecule has 0 saturated heterocycles. The number of benzene rings is 1. The van der Waals surface area contributed by atoms with Gasteiger partial charge in [-0.05, 0) is 25.6 Å². The van der Waals surface area contributed by atoms with Gasteiger partial charge in [-0.15, -0.1) is 0 Å². The zero-order valence-electron chi connectivity index (χ0n) is 13.0. The van der Waals surface area contributed by atoms with Gasteiger partial charge in [-0.1, -0.05) is 12.1 Å². The molecule has 0 heterocycles. The van der Waals surface area contributed by atoms with Gasteiger partial charge in [-0.25, -0.2) is 8.42 Å². The number of hydrogen-bond acceptors (Lipinski definition) is 5. The van der Waals surface area contributed by atoms with Gasteiger partial charge in [0.25, 0.3) is 0 Å². The van der Waals surface area contributed by atoms with Crippen molar-refractivity contribution < 1.29 is 26.7 Å². The molecule has 1 amide bonds. The van der Waals surface area contributed by atoms with Crippen molar-refractivity contribution in [3.05, 3.63) is 24.3 Å². The number of carbonyl (C=O) groups excluding carboxylic acids is 1. The Hall–Kier alpha value is -1.58. The lowest BCUT2D eigenvalue weighted by Gasteiger charge is -2.17. The average molecular weight is 350 g/mol. The number of carbonyl (C=O) groups is 1. The van der Waals surface area contributed by atoms with Crippen LogP contribution in [0.15, 0.2) is 29.2 Å². The Morgan fingerprint density at radius 1 is 1.35 bits per heavy atom. The van der Waals surface area contributed by atoms with E-state index >= 15 is 0 Å². The van der Waals surface area contributed by atoms with E-state index in [2.05, 4.69) is 5.32 Å². The molecule has 9 heteroatoms. The quantitative estimate of drug-likeness (QED) is 0.685. The van der Waals surface area contributed by atoms with Crippen LogP contribution in [-0.4, -0.2) is 58.8 Å². The lowest BCUT2D eigenvalue weighted by Crippen LogP contribution is -2.31. The van der Waals surface area contributed by atoms with Gasteiger partial charge < -0.3 is 10.1 Å². The van der Waals surface area contributed by atoms with Gasteiger partial charge in [0, 0.05) is 20.3 Å². The highest BCUT2D eigenvalue weighted by molar-refractivity contribution is 7.91. The maximum atomic E-state index is 12.7. The van der Waals surface area contributed by atoms with E-state index in [0.29, 0.717) is 13.2 Å². The van der Waals surface area contributed by atoms with E-state index in [4.69, 9.17) is 4.74 Å². The van der Waals surface area contributed by atoms with Crippen LogP contribution in [0.4, 0.5) is 14.5 Å². The lowest BCUT2D eigenvalue weighted by molar-refractivity contribution is -0.117. The summed E-state index contributed by atoms with van der Waals surface area (Å²) in [5, 5.41) is 2.37. The van der Waals surface area contributed by atoms with Crippen molar-refractivity contribution in [2.45, 2.75) is 17.1 Å². The maximum Gasteiger partial charge on any atom is 0.341 e. The Kier molecular flexibility index (Phi) is 7.53. The molecule has 0 bridgehead atoms. The van der Waals surface area contributed by atoms with Crippen molar-refractivity contribution >= 4 is 21.4 Å². The number of anilines is 1. The number of sulfone groups is 1. The van der Waals surface area contributed by atoms with Crippen molar-refractivity contribution in [1.82, 2.24) is 4.90 Å². The molecule has 0 aliphatic carbocycles. The van der Waals surface area contributed by atoms with Crippen LogP contribution in [0.2, 0.25) is 0 Å². The molecule has 23 heavy (non-hydrogen) atoms. The summed E-state index contributed by atoms with van der Waals surface area (Å²) in [4.78, 5) is 13.1. The Balaban J connectivity index is 2.76. The number of likely N-dealkylation sites (N-methyl/N-ethyl adjacent to an activating group) is 1. The minimum atomic E-state index is -4.78. The number of para-hydroxylation sites is 1. The number of rotatable bonds is 9. The van der Waals surface area contributed by atoms with Crippen LogP contribution >= 0.6 is 0 Å². The summed E-state index contributed by atoms with van der Waals surface area (Å²) in [5.74, 6) is -4.03. The van der Waals surface area contributed by atoms with E-state index in [-0.39, 0.29) is 12.2 Å². The van der Waals surface area contributed by atoms with Crippen LogP contribution in [0.25, 0.3) is 0 Å². The fraction of sp³-hybridized carbons (Fsp3) is 0.500. The predicted molar refractivity (Wildman–Crippen MR) is 82.3 cm³/mol. The molecule has 1 N–H and O–H groups in total.